The van der Waals surface area contributed by atoms with Gasteiger partial charge >= 0.3 is 0 Å². The first-order valence-corrected chi connectivity index (χ1v) is 7.34. The van der Waals surface area contributed by atoms with Crippen LogP contribution in [-0.4, -0.2) is 40.9 Å². The van der Waals surface area contributed by atoms with Crippen LogP contribution < -0.4 is 0 Å². The lowest BCUT2D eigenvalue weighted by molar-refractivity contribution is -0.129. The molecule has 2 unspecified atom stereocenters. The van der Waals surface area contributed by atoms with Crippen LogP contribution in [0.2, 0.25) is 0 Å². The van der Waals surface area contributed by atoms with Crippen molar-refractivity contribution in [3.05, 3.63) is 35.9 Å². The number of carbonyl (C=O) groups excluding carboxylic acids is 1. The number of rotatable bonds is 5. The molecule has 1 aliphatic rings. The standard InChI is InChI=1S/C15H21NO2S/c17-9-7-13-6-8-16(11-13)15(18)14(19)10-12-4-2-1-3-5-12/h1-5,13-14,17,19H,6-11H2. The predicted octanol–water partition coefficient (Wildman–Crippen LogP) is 1.76. The molecule has 3 nitrogen and oxygen atoms in total. The van der Waals surface area contributed by atoms with Gasteiger partial charge in [0.25, 0.3) is 0 Å². The number of aliphatic hydroxyl groups is 1. The third-order valence-electron chi connectivity index (χ3n) is 3.69. The van der Waals surface area contributed by atoms with Crippen LogP contribution in [-0.2, 0) is 11.2 Å². The van der Waals surface area contributed by atoms with Crippen LogP contribution in [0.25, 0.3) is 0 Å². The van der Waals surface area contributed by atoms with Crippen molar-refractivity contribution in [2.45, 2.75) is 24.5 Å². The molecule has 0 radical (unpaired) electrons. The highest BCUT2D eigenvalue weighted by Gasteiger charge is 2.28. The molecule has 1 aliphatic heterocycles. The largest absolute Gasteiger partial charge is 0.396 e. The minimum Gasteiger partial charge on any atom is -0.396 e. The van der Waals surface area contributed by atoms with Gasteiger partial charge in [0.1, 0.15) is 0 Å². The van der Waals surface area contributed by atoms with E-state index in [9.17, 15) is 4.79 Å². The van der Waals surface area contributed by atoms with Gasteiger partial charge in [-0.1, -0.05) is 30.3 Å². The van der Waals surface area contributed by atoms with Crippen molar-refractivity contribution in [2.24, 2.45) is 5.92 Å². The van der Waals surface area contributed by atoms with E-state index in [0.717, 1.165) is 31.5 Å². The highest BCUT2D eigenvalue weighted by atomic mass is 32.1. The second kappa shape index (κ2) is 6.96. The van der Waals surface area contributed by atoms with Crippen molar-refractivity contribution in [1.29, 1.82) is 0 Å². The molecule has 0 saturated carbocycles. The molecule has 2 atom stereocenters. The maximum atomic E-state index is 12.3. The number of hydrogen-bond acceptors (Lipinski definition) is 3. The lowest BCUT2D eigenvalue weighted by atomic mass is 10.1. The van der Waals surface area contributed by atoms with Crippen molar-refractivity contribution in [1.82, 2.24) is 4.90 Å². The summed E-state index contributed by atoms with van der Waals surface area (Å²) in [4.78, 5) is 14.2. The van der Waals surface area contributed by atoms with Gasteiger partial charge < -0.3 is 10.0 Å². The van der Waals surface area contributed by atoms with Gasteiger partial charge in [-0.25, -0.2) is 0 Å². The molecule has 1 saturated heterocycles. The number of carbonyl (C=O) groups is 1. The first-order valence-electron chi connectivity index (χ1n) is 6.82. The van der Waals surface area contributed by atoms with Crippen molar-refractivity contribution >= 4 is 18.5 Å². The molecular weight excluding hydrogens is 258 g/mol. The van der Waals surface area contributed by atoms with E-state index < -0.39 is 0 Å². The predicted molar refractivity (Wildman–Crippen MR) is 79.3 cm³/mol. The van der Waals surface area contributed by atoms with Crippen LogP contribution in [0.3, 0.4) is 0 Å². The third kappa shape index (κ3) is 3.98. The zero-order valence-corrected chi connectivity index (χ0v) is 11.9. The molecule has 0 spiro atoms. The minimum absolute atomic E-state index is 0.118. The Morgan fingerprint density at radius 1 is 1.42 bits per heavy atom. The summed E-state index contributed by atoms with van der Waals surface area (Å²) in [5.74, 6) is 0.568. The van der Waals surface area contributed by atoms with Crippen molar-refractivity contribution in [3.8, 4) is 0 Å². The molecule has 0 bridgehead atoms. The summed E-state index contributed by atoms with van der Waals surface area (Å²) in [7, 11) is 0. The Morgan fingerprint density at radius 3 is 2.84 bits per heavy atom. The van der Waals surface area contributed by atoms with E-state index in [4.69, 9.17) is 5.11 Å². The van der Waals surface area contributed by atoms with Gasteiger partial charge in [0, 0.05) is 19.7 Å². The molecule has 1 fully saturated rings. The number of amides is 1. The number of hydrogen-bond donors (Lipinski definition) is 2. The maximum Gasteiger partial charge on any atom is 0.235 e. The maximum absolute atomic E-state index is 12.3. The van der Waals surface area contributed by atoms with Gasteiger partial charge in [0.2, 0.25) is 5.91 Å². The molecule has 2 rings (SSSR count). The van der Waals surface area contributed by atoms with Gasteiger partial charge in [-0.15, -0.1) is 0 Å². The van der Waals surface area contributed by atoms with E-state index in [-0.39, 0.29) is 17.8 Å². The van der Waals surface area contributed by atoms with Crippen LogP contribution in [0.5, 0.6) is 0 Å². The lowest BCUT2D eigenvalue weighted by Crippen LogP contribution is -2.36. The summed E-state index contributed by atoms with van der Waals surface area (Å²) >= 11 is 4.45. The monoisotopic (exact) mass is 279 g/mol. The number of aliphatic hydroxyl groups excluding tert-OH is 1. The Balaban J connectivity index is 1.86. The summed E-state index contributed by atoms with van der Waals surface area (Å²) < 4.78 is 0. The Labute approximate surface area is 120 Å². The zero-order valence-electron chi connectivity index (χ0n) is 11.0. The molecule has 4 heteroatoms. The van der Waals surface area contributed by atoms with Gasteiger partial charge in [-0.3, -0.25) is 4.79 Å². The molecule has 0 aromatic heterocycles. The Bertz CT molecular complexity index is 410. The summed E-state index contributed by atoms with van der Waals surface area (Å²) in [6, 6.07) is 9.98. The number of likely N-dealkylation sites (tertiary alicyclic amines) is 1. The van der Waals surface area contributed by atoms with Crippen molar-refractivity contribution < 1.29 is 9.90 Å². The van der Waals surface area contributed by atoms with Crippen LogP contribution in [0.4, 0.5) is 0 Å². The van der Waals surface area contributed by atoms with E-state index in [1.165, 1.54) is 0 Å². The molecule has 104 valence electrons. The van der Waals surface area contributed by atoms with Gasteiger partial charge in [0.05, 0.1) is 5.25 Å². The smallest absolute Gasteiger partial charge is 0.235 e. The number of nitrogens with zero attached hydrogens (tertiary/aromatic N) is 1. The third-order valence-corrected chi connectivity index (χ3v) is 4.10. The molecule has 1 N–H and O–H groups in total. The molecular formula is C15H21NO2S. The molecule has 1 aromatic rings. The normalized spacial score (nSPS) is 20.5. The average Bonchev–Trinajstić information content (AvgIpc) is 2.88. The molecule has 19 heavy (non-hydrogen) atoms. The van der Waals surface area contributed by atoms with E-state index in [0.29, 0.717) is 12.3 Å². The molecule has 1 amide bonds. The summed E-state index contributed by atoms with van der Waals surface area (Å²) in [5, 5.41) is 8.67. The van der Waals surface area contributed by atoms with Gasteiger partial charge in [0.15, 0.2) is 0 Å². The van der Waals surface area contributed by atoms with Crippen LogP contribution in [0.15, 0.2) is 30.3 Å². The van der Waals surface area contributed by atoms with Crippen LogP contribution in [0.1, 0.15) is 18.4 Å². The van der Waals surface area contributed by atoms with Gasteiger partial charge in [-0.05, 0) is 30.7 Å². The highest BCUT2D eigenvalue weighted by molar-refractivity contribution is 7.81. The molecule has 0 aliphatic carbocycles. The highest BCUT2D eigenvalue weighted by Crippen LogP contribution is 2.21. The SMILES string of the molecule is O=C(C(S)Cc1ccccc1)N1CCC(CCO)C1. The van der Waals surface area contributed by atoms with Crippen molar-refractivity contribution in [3.63, 3.8) is 0 Å². The number of benzene rings is 1. The fourth-order valence-electron chi connectivity index (χ4n) is 2.59. The Morgan fingerprint density at radius 2 is 2.16 bits per heavy atom. The molecule has 1 heterocycles. The topological polar surface area (TPSA) is 40.5 Å². The van der Waals surface area contributed by atoms with Gasteiger partial charge in [-0.2, -0.15) is 12.6 Å². The summed E-state index contributed by atoms with van der Waals surface area (Å²) in [6.07, 6.45) is 2.46. The Hall–Kier alpha value is -1.00. The quantitative estimate of drug-likeness (QED) is 0.806. The second-order valence-electron chi connectivity index (χ2n) is 5.16. The lowest BCUT2D eigenvalue weighted by Gasteiger charge is -2.20. The zero-order chi connectivity index (χ0) is 13.7. The van der Waals surface area contributed by atoms with Crippen LogP contribution >= 0.6 is 12.6 Å². The Kier molecular flexibility index (Phi) is 5.28. The van der Waals surface area contributed by atoms with Crippen molar-refractivity contribution in [2.75, 3.05) is 19.7 Å². The number of thiol groups is 1. The van der Waals surface area contributed by atoms with E-state index in [1.54, 1.807) is 0 Å². The second-order valence-corrected chi connectivity index (χ2v) is 5.78. The van der Waals surface area contributed by atoms with E-state index in [1.807, 2.05) is 35.2 Å². The average molecular weight is 279 g/mol. The minimum atomic E-state index is -0.268. The van der Waals surface area contributed by atoms with E-state index in [2.05, 4.69) is 12.6 Å². The van der Waals surface area contributed by atoms with Crippen LogP contribution in [0, 0.1) is 5.92 Å². The molecule has 1 aromatic carbocycles. The first kappa shape index (κ1) is 14.4. The van der Waals surface area contributed by atoms with E-state index >= 15 is 0 Å². The fraction of sp³-hybridized carbons (Fsp3) is 0.533. The fourth-order valence-corrected chi connectivity index (χ4v) is 2.96. The summed E-state index contributed by atoms with van der Waals surface area (Å²) in [5.41, 5.74) is 1.14. The first-order chi connectivity index (χ1) is 9.20. The summed E-state index contributed by atoms with van der Waals surface area (Å²) in [6.45, 7) is 1.78.